The maximum Gasteiger partial charge on any atom is 0.307 e. The molecule has 1 aromatic rings. The number of benzene rings is 1. The van der Waals surface area contributed by atoms with E-state index >= 15 is 0 Å². The SMILES string of the molecule is CCOC(=O)CC(c1cccc(C)c1)N1CCN(C)CC1. The molecule has 0 saturated carbocycles. The minimum Gasteiger partial charge on any atom is -0.466 e. The van der Waals surface area contributed by atoms with Crippen molar-refractivity contribution in [1.82, 2.24) is 9.80 Å². The summed E-state index contributed by atoms with van der Waals surface area (Å²) < 4.78 is 5.16. The largest absolute Gasteiger partial charge is 0.466 e. The molecule has 21 heavy (non-hydrogen) atoms. The van der Waals surface area contributed by atoms with E-state index in [1.807, 2.05) is 6.92 Å². The maximum atomic E-state index is 12.0. The lowest BCUT2D eigenvalue weighted by Crippen LogP contribution is -2.46. The molecule has 1 saturated heterocycles. The topological polar surface area (TPSA) is 32.8 Å². The van der Waals surface area contributed by atoms with E-state index in [4.69, 9.17) is 4.74 Å². The monoisotopic (exact) mass is 290 g/mol. The number of ether oxygens (including phenoxy) is 1. The Labute approximate surface area is 127 Å². The van der Waals surface area contributed by atoms with E-state index in [0.29, 0.717) is 13.0 Å². The highest BCUT2D eigenvalue weighted by Gasteiger charge is 2.26. The van der Waals surface area contributed by atoms with Gasteiger partial charge >= 0.3 is 5.97 Å². The molecule has 4 heteroatoms. The third kappa shape index (κ3) is 4.55. The van der Waals surface area contributed by atoms with E-state index in [2.05, 4.69) is 48.0 Å². The van der Waals surface area contributed by atoms with Crippen molar-refractivity contribution < 1.29 is 9.53 Å². The van der Waals surface area contributed by atoms with E-state index < -0.39 is 0 Å². The second-order valence-corrected chi connectivity index (χ2v) is 5.78. The lowest BCUT2D eigenvalue weighted by Gasteiger charge is -2.38. The molecule has 0 aliphatic carbocycles. The quantitative estimate of drug-likeness (QED) is 0.779. The normalized spacial score (nSPS) is 18.4. The van der Waals surface area contributed by atoms with Crippen LogP contribution in [0.15, 0.2) is 24.3 Å². The second-order valence-electron chi connectivity index (χ2n) is 5.78. The standard InChI is InChI=1S/C17H26N2O2/c1-4-21-17(20)13-16(15-7-5-6-14(2)12-15)19-10-8-18(3)9-11-19/h5-7,12,16H,4,8-11,13H2,1-3H3. The first kappa shape index (κ1) is 16.0. The van der Waals surface area contributed by atoms with E-state index in [0.717, 1.165) is 26.2 Å². The zero-order chi connectivity index (χ0) is 15.2. The summed E-state index contributed by atoms with van der Waals surface area (Å²) in [7, 11) is 2.14. The van der Waals surface area contributed by atoms with E-state index in [1.165, 1.54) is 11.1 Å². The van der Waals surface area contributed by atoms with Crippen LogP contribution in [0.4, 0.5) is 0 Å². The molecule has 1 atom stereocenters. The van der Waals surface area contributed by atoms with Crippen LogP contribution in [0.3, 0.4) is 0 Å². The number of carbonyl (C=O) groups is 1. The van der Waals surface area contributed by atoms with Gasteiger partial charge in [-0.1, -0.05) is 29.8 Å². The zero-order valence-corrected chi connectivity index (χ0v) is 13.3. The number of likely N-dealkylation sites (N-methyl/N-ethyl adjacent to an activating group) is 1. The molecule has 1 heterocycles. The Morgan fingerprint density at radius 1 is 1.29 bits per heavy atom. The van der Waals surface area contributed by atoms with Crippen molar-refractivity contribution in [3.05, 3.63) is 35.4 Å². The van der Waals surface area contributed by atoms with Crippen LogP contribution in [-0.4, -0.2) is 55.6 Å². The fourth-order valence-electron chi connectivity index (χ4n) is 2.85. The second kappa shape index (κ2) is 7.57. The van der Waals surface area contributed by atoms with Gasteiger partial charge in [0.1, 0.15) is 0 Å². The molecule has 0 N–H and O–H groups in total. The first-order valence-corrected chi connectivity index (χ1v) is 7.75. The summed E-state index contributed by atoms with van der Waals surface area (Å²) in [5.74, 6) is -0.108. The van der Waals surface area contributed by atoms with Gasteiger partial charge in [-0.2, -0.15) is 0 Å². The molecule has 0 bridgehead atoms. The molecular weight excluding hydrogens is 264 g/mol. The van der Waals surface area contributed by atoms with Gasteiger partial charge in [0.05, 0.1) is 13.0 Å². The number of rotatable bonds is 5. The molecule has 1 aromatic carbocycles. The van der Waals surface area contributed by atoms with Crippen LogP contribution in [0, 0.1) is 6.92 Å². The van der Waals surface area contributed by atoms with Gasteiger partial charge in [-0.15, -0.1) is 0 Å². The van der Waals surface area contributed by atoms with Crippen molar-refractivity contribution in [2.45, 2.75) is 26.3 Å². The molecule has 0 amide bonds. The van der Waals surface area contributed by atoms with Gasteiger partial charge in [-0.3, -0.25) is 9.69 Å². The predicted molar refractivity (Wildman–Crippen MR) is 84.2 cm³/mol. The van der Waals surface area contributed by atoms with Crippen LogP contribution >= 0.6 is 0 Å². The number of piperazine rings is 1. The van der Waals surface area contributed by atoms with Crippen LogP contribution in [0.5, 0.6) is 0 Å². The summed E-state index contributed by atoms with van der Waals surface area (Å²) in [6, 6.07) is 8.59. The van der Waals surface area contributed by atoms with Gasteiger partial charge < -0.3 is 9.64 Å². The van der Waals surface area contributed by atoms with Crippen molar-refractivity contribution in [3.8, 4) is 0 Å². The third-order valence-corrected chi connectivity index (χ3v) is 4.07. The molecule has 0 radical (unpaired) electrons. The minimum atomic E-state index is -0.108. The van der Waals surface area contributed by atoms with Crippen LogP contribution < -0.4 is 0 Å². The predicted octanol–water partition coefficient (Wildman–Crippen LogP) is 2.24. The average molecular weight is 290 g/mol. The average Bonchev–Trinajstić information content (AvgIpc) is 2.46. The number of nitrogens with zero attached hydrogens (tertiary/aromatic N) is 2. The van der Waals surface area contributed by atoms with E-state index in [1.54, 1.807) is 0 Å². The van der Waals surface area contributed by atoms with Gasteiger partial charge in [-0.25, -0.2) is 0 Å². The number of aryl methyl sites for hydroxylation is 1. The number of hydrogen-bond acceptors (Lipinski definition) is 4. The molecule has 1 aliphatic rings. The zero-order valence-electron chi connectivity index (χ0n) is 13.3. The summed E-state index contributed by atoms with van der Waals surface area (Å²) in [5, 5.41) is 0. The number of esters is 1. The van der Waals surface area contributed by atoms with Crippen molar-refractivity contribution in [2.75, 3.05) is 39.8 Å². The van der Waals surface area contributed by atoms with Crippen LogP contribution in [0.2, 0.25) is 0 Å². The molecule has 4 nitrogen and oxygen atoms in total. The Bertz CT molecular complexity index is 468. The molecule has 1 unspecified atom stereocenters. The molecular formula is C17H26N2O2. The Hall–Kier alpha value is -1.39. The minimum absolute atomic E-state index is 0.108. The summed E-state index contributed by atoms with van der Waals surface area (Å²) >= 11 is 0. The molecule has 0 spiro atoms. The van der Waals surface area contributed by atoms with E-state index in [-0.39, 0.29) is 12.0 Å². The molecule has 1 aliphatic heterocycles. The van der Waals surface area contributed by atoms with Gasteiger partial charge in [-0.05, 0) is 26.5 Å². The first-order chi connectivity index (χ1) is 10.1. The molecule has 0 aromatic heterocycles. The summed E-state index contributed by atoms with van der Waals surface area (Å²) in [6.45, 7) is 8.48. The van der Waals surface area contributed by atoms with Crippen LogP contribution in [-0.2, 0) is 9.53 Å². The molecule has 116 valence electrons. The number of hydrogen-bond donors (Lipinski definition) is 0. The summed E-state index contributed by atoms with van der Waals surface area (Å²) in [6.07, 6.45) is 0.432. The van der Waals surface area contributed by atoms with Gasteiger partial charge in [0, 0.05) is 32.2 Å². The van der Waals surface area contributed by atoms with Crippen molar-refractivity contribution in [2.24, 2.45) is 0 Å². The van der Waals surface area contributed by atoms with Gasteiger partial charge in [0.25, 0.3) is 0 Å². The fraction of sp³-hybridized carbons (Fsp3) is 0.588. The lowest BCUT2D eigenvalue weighted by molar-refractivity contribution is -0.144. The number of carbonyl (C=O) groups excluding carboxylic acids is 1. The first-order valence-electron chi connectivity index (χ1n) is 7.75. The maximum absolute atomic E-state index is 12.0. The third-order valence-electron chi connectivity index (χ3n) is 4.07. The highest BCUT2D eigenvalue weighted by Crippen LogP contribution is 2.26. The van der Waals surface area contributed by atoms with E-state index in [9.17, 15) is 4.79 Å². The smallest absolute Gasteiger partial charge is 0.307 e. The van der Waals surface area contributed by atoms with Gasteiger partial charge in [0.2, 0.25) is 0 Å². The molecule has 1 fully saturated rings. The Balaban J connectivity index is 2.15. The van der Waals surface area contributed by atoms with Crippen molar-refractivity contribution >= 4 is 5.97 Å². The summed E-state index contributed by atoms with van der Waals surface area (Å²) in [4.78, 5) is 16.7. The van der Waals surface area contributed by atoms with Gasteiger partial charge in [0.15, 0.2) is 0 Å². The Morgan fingerprint density at radius 2 is 2.00 bits per heavy atom. The van der Waals surface area contributed by atoms with Crippen molar-refractivity contribution in [3.63, 3.8) is 0 Å². The molecule has 2 rings (SSSR count). The highest BCUT2D eigenvalue weighted by atomic mass is 16.5. The lowest BCUT2D eigenvalue weighted by atomic mass is 9.99. The Morgan fingerprint density at radius 3 is 2.62 bits per heavy atom. The summed E-state index contributed by atoms with van der Waals surface area (Å²) in [5.41, 5.74) is 2.45. The van der Waals surface area contributed by atoms with Crippen molar-refractivity contribution in [1.29, 1.82) is 0 Å². The fourth-order valence-corrected chi connectivity index (χ4v) is 2.85. The highest BCUT2D eigenvalue weighted by molar-refractivity contribution is 5.70. The Kier molecular flexibility index (Phi) is 5.76. The van der Waals surface area contributed by atoms with Crippen LogP contribution in [0.25, 0.3) is 0 Å². The van der Waals surface area contributed by atoms with Crippen LogP contribution in [0.1, 0.15) is 30.5 Å².